The van der Waals surface area contributed by atoms with Crippen molar-refractivity contribution in [2.45, 2.75) is 77.5 Å². The molecule has 10 heteroatoms. The number of hydrogen-bond acceptors (Lipinski definition) is 5. The van der Waals surface area contributed by atoms with E-state index in [1.165, 1.54) is 12.1 Å². The molecule has 1 aromatic carbocycles. The van der Waals surface area contributed by atoms with Crippen molar-refractivity contribution in [2.24, 2.45) is 0 Å². The zero-order valence-electron chi connectivity index (χ0n) is 18.9. The van der Waals surface area contributed by atoms with Crippen LogP contribution in [0.1, 0.15) is 74.6 Å². The number of carboxylic acids is 1. The molecule has 8 nitrogen and oxygen atoms in total. The molecule has 0 aliphatic carbocycles. The number of rotatable bonds is 11. The fourth-order valence-corrected chi connectivity index (χ4v) is 3.63. The summed E-state index contributed by atoms with van der Waals surface area (Å²) in [6.07, 6.45) is -2.05. The second-order valence-electron chi connectivity index (χ2n) is 8.56. The van der Waals surface area contributed by atoms with E-state index in [0.717, 1.165) is 5.56 Å². The van der Waals surface area contributed by atoms with Gasteiger partial charge in [-0.1, -0.05) is 13.8 Å². The van der Waals surface area contributed by atoms with Crippen LogP contribution in [-0.2, 0) is 11.2 Å². The Labute approximate surface area is 215 Å². The number of amides is 1. The number of aliphatic hydroxyl groups is 2. The summed E-state index contributed by atoms with van der Waals surface area (Å²) in [4.78, 5) is 23.6. The predicted octanol–water partition coefficient (Wildman–Crippen LogP) is 2.14. The summed E-state index contributed by atoms with van der Waals surface area (Å²) in [7, 11) is 0. The molecule has 0 aliphatic rings. The van der Waals surface area contributed by atoms with Crippen molar-refractivity contribution < 1.29 is 29.3 Å². The van der Waals surface area contributed by atoms with Crippen LogP contribution in [0, 0.1) is 5.82 Å². The molecule has 0 saturated heterocycles. The Morgan fingerprint density at radius 2 is 1.70 bits per heavy atom. The summed E-state index contributed by atoms with van der Waals surface area (Å²) in [5, 5.41) is 36.3. The van der Waals surface area contributed by atoms with Gasteiger partial charge in [0.2, 0.25) is 0 Å². The second-order valence-corrected chi connectivity index (χ2v) is 8.56. The van der Waals surface area contributed by atoms with Gasteiger partial charge in [0.25, 0.3) is 5.91 Å². The van der Waals surface area contributed by atoms with E-state index in [9.17, 15) is 24.2 Å². The molecule has 0 saturated carbocycles. The average molecular weight is 474 g/mol. The van der Waals surface area contributed by atoms with Crippen molar-refractivity contribution in [1.82, 2.24) is 15.1 Å². The number of carbonyl (C=O) groups excluding carboxylic acids is 1. The van der Waals surface area contributed by atoms with Gasteiger partial charge in [0.15, 0.2) is 5.69 Å². The third-order valence-electron chi connectivity index (χ3n) is 4.97. The van der Waals surface area contributed by atoms with Crippen molar-refractivity contribution in [3.05, 3.63) is 47.0 Å². The van der Waals surface area contributed by atoms with Crippen LogP contribution in [0.15, 0.2) is 24.3 Å². The summed E-state index contributed by atoms with van der Waals surface area (Å²) < 4.78 is 15.0. The Morgan fingerprint density at radius 3 is 2.21 bits per heavy atom. The maximum absolute atomic E-state index is 13.5. The van der Waals surface area contributed by atoms with Crippen molar-refractivity contribution in [2.75, 3.05) is 0 Å². The van der Waals surface area contributed by atoms with Crippen molar-refractivity contribution >= 4 is 41.4 Å². The van der Waals surface area contributed by atoms with Crippen LogP contribution in [0.2, 0.25) is 0 Å². The van der Waals surface area contributed by atoms with E-state index in [4.69, 9.17) is 5.11 Å². The van der Waals surface area contributed by atoms with Gasteiger partial charge in [-0.2, -0.15) is 5.10 Å². The number of nitrogens with zero attached hydrogens (tertiary/aromatic N) is 2. The number of nitrogens with one attached hydrogen (secondary N) is 1. The molecule has 2 aromatic rings. The molecule has 0 radical (unpaired) electrons. The fourth-order valence-electron chi connectivity index (χ4n) is 3.63. The average Bonchev–Trinajstić information content (AvgIpc) is 3.05. The molecule has 2 rings (SSSR count). The van der Waals surface area contributed by atoms with Crippen molar-refractivity contribution in [3.8, 4) is 5.69 Å². The Balaban J connectivity index is 0.00000544. The van der Waals surface area contributed by atoms with Gasteiger partial charge < -0.3 is 20.6 Å². The van der Waals surface area contributed by atoms with E-state index < -0.39 is 30.4 Å². The van der Waals surface area contributed by atoms with E-state index in [1.807, 2.05) is 27.7 Å². The molecule has 1 aromatic heterocycles. The zero-order chi connectivity index (χ0) is 24.0. The van der Waals surface area contributed by atoms with E-state index in [-0.39, 0.29) is 66.0 Å². The number of aliphatic hydroxyl groups excluding tert-OH is 2. The number of benzene rings is 1. The fraction of sp³-hybridized carbons (Fsp3) is 0.522. The number of aromatic nitrogens is 2. The molecule has 178 valence electrons. The normalized spacial score (nSPS) is 13.0. The molecule has 2 atom stereocenters. The minimum absolute atomic E-state index is 0. The number of carbonyl (C=O) groups is 2. The van der Waals surface area contributed by atoms with Gasteiger partial charge >= 0.3 is 35.5 Å². The van der Waals surface area contributed by atoms with Crippen LogP contribution in [0.5, 0.6) is 0 Å². The maximum atomic E-state index is 13.5. The Hall–Kier alpha value is -1.78. The summed E-state index contributed by atoms with van der Waals surface area (Å²) in [5.41, 5.74) is 2.28. The summed E-state index contributed by atoms with van der Waals surface area (Å²) in [6, 6.07) is 5.65. The summed E-state index contributed by atoms with van der Waals surface area (Å²) >= 11 is 0. The van der Waals surface area contributed by atoms with Gasteiger partial charge in [-0.15, -0.1) is 0 Å². The van der Waals surface area contributed by atoms with Gasteiger partial charge in [-0.05, 0) is 63.3 Å². The first kappa shape index (κ1) is 29.3. The Kier molecular flexibility index (Phi) is 11.7. The minimum atomic E-state index is -1.15. The molecule has 0 aliphatic heterocycles. The molecule has 1 amide bonds. The number of carboxylic acid groups (broad SMARTS) is 1. The SMILES string of the molecule is CC(C)NC(=O)c1nn(-c2ccc(F)cc2)c(CC[C@@H](O)C[C@@H](O)CC(=O)O)c1C(C)C.[NaH]. The third kappa shape index (κ3) is 8.50. The molecule has 0 spiro atoms. The molecule has 0 unspecified atom stereocenters. The van der Waals surface area contributed by atoms with Crippen LogP contribution < -0.4 is 5.32 Å². The van der Waals surface area contributed by atoms with Gasteiger partial charge in [-0.3, -0.25) is 9.59 Å². The Morgan fingerprint density at radius 1 is 1.09 bits per heavy atom. The van der Waals surface area contributed by atoms with Crippen LogP contribution >= 0.6 is 0 Å². The first-order valence-electron chi connectivity index (χ1n) is 10.8. The number of hydrogen-bond donors (Lipinski definition) is 4. The van der Waals surface area contributed by atoms with E-state index in [2.05, 4.69) is 10.4 Å². The van der Waals surface area contributed by atoms with Gasteiger partial charge in [-0.25, -0.2) is 9.07 Å². The summed E-state index contributed by atoms with van der Waals surface area (Å²) in [6.45, 7) is 7.58. The number of aliphatic carboxylic acids is 1. The molecule has 33 heavy (non-hydrogen) atoms. The quantitative estimate of drug-likeness (QED) is 0.371. The number of halogens is 1. The third-order valence-corrected chi connectivity index (χ3v) is 4.97. The van der Waals surface area contributed by atoms with Crippen LogP contribution in [0.3, 0.4) is 0 Å². The van der Waals surface area contributed by atoms with Gasteiger partial charge in [0.05, 0.1) is 24.3 Å². The van der Waals surface area contributed by atoms with Gasteiger partial charge in [0, 0.05) is 17.3 Å². The van der Waals surface area contributed by atoms with E-state index in [1.54, 1.807) is 16.8 Å². The standard InChI is InChI=1S/C23H32FN3O5.Na.H/c1-13(2)21-19(10-9-17(28)11-18(29)12-20(30)31)27(16-7-5-15(24)6-8-16)26-22(21)23(32)25-14(3)4;;/h5-8,13-14,17-18,28-29H,9-12H2,1-4H3,(H,25,32)(H,30,31);;/t17-,18-;;/m1../s1. The van der Waals surface area contributed by atoms with Crippen LogP contribution in [0.25, 0.3) is 5.69 Å². The molecule has 4 N–H and O–H groups in total. The first-order valence-corrected chi connectivity index (χ1v) is 10.8. The molecular weight excluding hydrogens is 440 g/mol. The molecule has 0 fully saturated rings. The Bertz CT molecular complexity index is 931. The second kappa shape index (κ2) is 13.2. The van der Waals surface area contributed by atoms with Crippen LogP contribution in [-0.4, -0.2) is 84.8 Å². The monoisotopic (exact) mass is 473 g/mol. The topological polar surface area (TPSA) is 125 Å². The molecular formula is C23H33FN3NaO5. The van der Waals surface area contributed by atoms with Crippen molar-refractivity contribution in [1.29, 1.82) is 0 Å². The van der Waals surface area contributed by atoms with Gasteiger partial charge in [0.1, 0.15) is 5.82 Å². The predicted molar refractivity (Wildman–Crippen MR) is 125 cm³/mol. The summed E-state index contributed by atoms with van der Waals surface area (Å²) in [5.74, 6) is -1.90. The molecule has 0 bridgehead atoms. The van der Waals surface area contributed by atoms with E-state index >= 15 is 0 Å². The van der Waals surface area contributed by atoms with Crippen LogP contribution in [0.4, 0.5) is 4.39 Å². The first-order chi connectivity index (χ1) is 15.0. The zero-order valence-corrected chi connectivity index (χ0v) is 18.9. The van der Waals surface area contributed by atoms with E-state index in [0.29, 0.717) is 17.8 Å². The van der Waals surface area contributed by atoms with Crippen molar-refractivity contribution in [3.63, 3.8) is 0 Å². The molecule has 1 heterocycles.